The molecule has 2 N–H and O–H groups in total. The van der Waals surface area contributed by atoms with Crippen molar-refractivity contribution < 1.29 is 17.6 Å². The Hall–Kier alpha value is -4.09. The number of anilines is 1. The number of nitrogens with zero attached hydrogens (tertiary/aromatic N) is 6. The van der Waals surface area contributed by atoms with Crippen LogP contribution in [0.15, 0.2) is 48.9 Å². The van der Waals surface area contributed by atoms with Gasteiger partial charge in [-0.2, -0.15) is 13.2 Å². The van der Waals surface area contributed by atoms with Gasteiger partial charge in [0.05, 0.1) is 23.9 Å². The van der Waals surface area contributed by atoms with Gasteiger partial charge in [-0.3, -0.25) is 4.57 Å². The van der Waals surface area contributed by atoms with Crippen LogP contribution in [-0.2, 0) is 12.7 Å². The lowest BCUT2D eigenvalue weighted by atomic mass is 10.3. The van der Waals surface area contributed by atoms with Crippen LogP contribution in [0.2, 0.25) is 0 Å². The fourth-order valence-corrected chi connectivity index (χ4v) is 3.21. The Morgan fingerprint density at radius 3 is 2.68 bits per heavy atom. The number of imidazole rings is 2. The summed E-state index contributed by atoms with van der Waals surface area (Å²) in [6.07, 6.45) is -1.93. The van der Waals surface area contributed by atoms with Crippen molar-refractivity contribution in [2.45, 2.75) is 12.7 Å². The van der Waals surface area contributed by atoms with Gasteiger partial charge in [0.15, 0.2) is 11.5 Å². The second kappa shape index (κ2) is 7.00. The number of fused-ring (bicyclic) bond motifs is 2. The normalized spacial score (nSPS) is 12.0. The molecule has 0 aliphatic carbocycles. The summed E-state index contributed by atoms with van der Waals surface area (Å²) in [7, 11) is 0. The number of aromatic nitrogens is 7. The van der Waals surface area contributed by atoms with E-state index in [2.05, 4.69) is 35.2 Å². The first-order chi connectivity index (χ1) is 14.9. The standard InChI is InChI=1S/C19H12F4N8/c20-10-4-5-11-12(7-10)31(13-3-1-2-6-24-13)14(28-11)8-25-16-15-17(27-9-26-15)30-18(29-16)19(21,22)23/h1-7,9H,8H2,(H2,25,26,27,29,30). The van der Waals surface area contributed by atoms with Crippen LogP contribution >= 0.6 is 0 Å². The molecule has 0 saturated heterocycles. The summed E-state index contributed by atoms with van der Waals surface area (Å²) in [6.45, 7) is -0.0185. The van der Waals surface area contributed by atoms with Gasteiger partial charge in [-0.15, -0.1) is 0 Å². The Morgan fingerprint density at radius 2 is 1.90 bits per heavy atom. The molecule has 8 nitrogen and oxygen atoms in total. The van der Waals surface area contributed by atoms with E-state index in [4.69, 9.17) is 0 Å². The molecule has 0 aliphatic rings. The Labute approximate surface area is 171 Å². The fourth-order valence-electron chi connectivity index (χ4n) is 3.21. The van der Waals surface area contributed by atoms with E-state index in [1.165, 1.54) is 24.5 Å². The topological polar surface area (TPSA) is 97.2 Å². The Kier molecular flexibility index (Phi) is 4.27. The van der Waals surface area contributed by atoms with Crippen LogP contribution in [0.25, 0.3) is 28.0 Å². The minimum Gasteiger partial charge on any atom is -0.361 e. The molecular weight excluding hydrogens is 416 g/mol. The Morgan fingerprint density at radius 1 is 1.03 bits per heavy atom. The van der Waals surface area contributed by atoms with Gasteiger partial charge in [-0.1, -0.05) is 6.07 Å². The summed E-state index contributed by atoms with van der Waals surface area (Å²) in [5.74, 6) is -0.957. The molecular formula is C19H12F4N8. The van der Waals surface area contributed by atoms with Crippen molar-refractivity contribution in [1.29, 1.82) is 0 Å². The maximum absolute atomic E-state index is 13.9. The molecule has 156 valence electrons. The minimum atomic E-state index is -4.73. The van der Waals surface area contributed by atoms with Crippen LogP contribution in [0.3, 0.4) is 0 Å². The highest BCUT2D eigenvalue weighted by molar-refractivity contribution is 5.82. The average molecular weight is 428 g/mol. The van der Waals surface area contributed by atoms with Gasteiger partial charge >= 0.3 is 6.18 Å². The van der Waals surface area contributed by atoms with Gasteiger partial charge < -0.3 is 10.3 Å². The number of benzene rings is 1. The van der Waals surface area contributed by atoms with Crippen LogP contribution in [-0.4, -0.2) is 34.5 Å². The molecule has 0 bridgehead atoms. The second-order valence-electron chi connectivity index (χ2n) is 6.53. The SMILES string of the molecule is Fc1ccc2nc(CNc3nc(C(F)(F)F)nc4nc[nH]c34)n(-c3ccccn3)c2c1. The van der Waals surface area contributed by atoms with Crippen molar-refractivity contribution in [3.63, 3.8) is 0 Å². The molecule has 0 amide bonds. The van der Waals surface area contributed by atoms with Crippen LogP contribution in [0.5, 0.6) is 0 Å². The van der Waals surface area contributed by atoms with Gasteiger partial charge in [0.2, 0.25) is 5.82 Å². The third-order valence-electron chi connectivity index (χ3n) is 4.52. The predicted molar refractivity (Wildman–Crippen MR) is 103 cm³/mol. The fraction of sp³-hybridized carbons (Fsp3) is 0.105. The number of nitrogens with one attached hydrogen (secondary N) is 2. The molecule has 1 aromatic carbocycles. The molecule has 5 aromatic rings. The monoisotopic (exact) mass is 428 g/mol. The largest absolute Gasteiger partial charge is 0.451 e. The van der Waals surface area contributed by atoms with E-state index in [0.29, 0.717) is 22.7 Å². The van der Waals surface area contributed by atoms with Gasteiger partial charge in [0.25, 0.3) is 0 Å². The highest BCUT2D eigenvalue weighted by Crippen LogP contribution is 2.29. The molecule has 0 radical (unpaired) electrons. The summed E-state index contributed by atoms with van der Waals surface area (Å²) in [6, 6.07) is 9.33. The number of H-pyrrole nitrogens is 1. The maximum atomic E-state index is 13.9. The molecule has 12 heteroatoms. The van der Waals surface area contributed by atoms with Crippen molar-refractivity contribution in [2.75, 3.05) is 5.32 Å². The number of pyridine rings is 1. The zero-order valence-electron chi connectivity index (χ0n) is 15.5. The molecule has 31 heavy (non-hydrogen) atoms. The van der Waals surface area contributed by atoms with Crippen molar-refractivity contribution in [2.24, 2.45) is 0 Å². The third kappa shape index (κ3) is 3.41. The van der Waals surface area contributed by atoms with Gasteiger partial charge in [0.1, 0.15) is 23.0 Å². The van der Waals surface area contributed by atoms with Crippen LogP contribution in [0.1, 0.15) is 11.6 Å². The highest BCUT2D eigenvalue weighted by Gasteiger charge is 2.36. The summed E-state index contributed by atoms with van der Waals surface area (Å²) in [5.41, 5.74) is 1.08. The van der Waals surface area contributed by atoms with Crippen LogP contribution in [0, 0.1) is 5.82 Å². The molecule has 0 unspecified atom stereocenters. The highest BCUT2D eigenvalue weighted by atomic mass is 19.4. The molecule has 5 rings (SSSR count). The first-order valence-electron chi connectivity index (χ1n) is 9.00. The van der Waals surface area contributed by atoms with Crippen molar-refractivity contribution in [1.82, 2.24) is 34.5 Å². The van der Waals surface area contributed by atoms with E-state index in [-0.39, 0.29) is 23.5 Å². The molecule has 0 spiro atoms. The average Bonchev–Trinajstić information content (AvgIpc) is 3.36. The number of halogens is 4. The smallest absolute Gasteiger partial charge is 0.361 e. The van der Waals surface area contributed by atoms with E-state index in [0.717, 1.165) is 0 Å². The van der Waals surface area contributed by atoms with Gasteiger partial charge in [0, 0.05) is 12.3 Å². The summed E-state index contributed by atoms with van der Waals surface area (Å²) >= 11 is 0. The Balaban J connectivity index is 1.59. The maximum Gasteiger partial charge on any atom is 0.451 e. The molecule has 0 atom stereocenters. The summed E-state index contributed by atoms with van der Waals surface area (Å²) < 4.78 is 55.0. The third-order valence-corrected chi connectivity index (χ3v) is 4.52. The summed E-state index contributed by atoms with van der Waals surface area (Å²) in [5, 5.41) is 2.86. The number of hydrogen-bond acceptors (Lipinski definition) is 6. The van der Waals surface area contributed by atoms with E-state index in [9.17, 15) is 17.6 Å². The van der Waals surface area contributed by atoms with Crippen molar-refractivity contribution >= 4 is 28.0 Å². The quantitative estimate of drug-likeness (QED) is 0.422. The van der Waals surface area contributed by atoms with Gasteiger partial charge in [-0.05, 0) is 24.3 Å². The Bertz CT molecular complexity index is 1390. The van der Waals surface area contributed by atoms with E-state index >= 15 is 0 Å². The number of aromatic amines is 1. The van der Waals surface area contributed by atoms with E-state index in [1.54, 1.807) is 29.0 Å². The molecule has 0 saturated carbocycles. The lowest BCUT2D eigenvalue weighted by molar-refractivity contribution is -0.144. The second-order valence-corrected chi connectivity index (χ2v) is 6.53. The van der Waals surface area contributed by atoms with Crippen molar-refractivity contribution in [3.05, 3.63) is 66.4 Å². The zero-order chi connectivity index (χ0) is 21.6. The van der Waals surface area contributed by atoms with E-state index in [1.807, 2.05) is 0 Å². The molecule has 0 fully saturated rings. The zero-order valence-corrected chi connectivity index (χ0v) is 15.5. The first-order valence-corrected chi connectivity index (χ1v) is 9.00. The van der Waals surface area contributed by atoms with E-state index < -0.39 is 17.8 Å². The molecule has 4 heterocycles. The molecule has 4 aromatic heterocycles. The number of alkyl halides is 3. The van der Waals surface area contributed by atoms with Crippen molar-refractivity contribution in [3.8, 4) is 5.82 Å². The lowest BCUT2D eigenvalue weighted by Crippen LogP contribution is -2.15. The predicted octanol–water partition coefficient (Wildman–Crippen LogP) is 3.86. The number of hydrogen-bond donors (Lipinski definition) is 2. The van der Waals surface area contributed by atoms with Crippen LogP contribution in [0.4, 0.5) is 23.4 Å². The first kappa shape index (κ1) is 18.9. The summed E-state index contributed by atoms with van der Waals surface area (Å²) in [4.78, 5) is 22.3. The molecule has 0 aliphatic heterocycles. The van der Waals surface area contributed by atoms with Gasteiger partial charge in [-0.25, -0.2) is 29.3 Å². The van der Waals surface area contributed by atoms with Crippen LogP contribution < -0.4 is 5.32 Å². The minimum absolute atomic E-state index is 0.0185. The number of rotatable bonds is 4. The lowest BCUT2D eigenvalue weighted by Gasteiger charge is -2.11.